The third-order valence-corrected chi connectivity index (χ3v) is 8.52. The maximum atomic E-state index is 12.9. The van der Waals surface area contributed by atoms with Gasteiger partial charge in [-0.3, -0.25) is 0 Å². The smallest absolute Gasteiger partial charge is 0.303 e. The first-order chi connectivity index (χ1) is 13.0. The minimum absolute atomic E-state index is 0.497. The quantitative estimate of drug-likeness (QED) is 0.404. The molecule has 174 valence electrons. The molecule has 0 unspecified atom stereocenters. The van der Waals surface area contributed by atoms with E-state index in [-0.39, 0.29) is 0 Å². The topological polar surface area (TPSA) is 119 Å². The van der Waals surface area contributed by atoms with Crippen LogP contribution in [0.3, 0.4) is 0 Å². The lowest BCUT2D eigenvalue weighted by atomic mass is 9.99. The molecule has 0 saturated carbocycles. The highest BCUT2D eigenvalue weighted by molar-refractivity contribution is 7.97. The van der Waals surface area contributed by atoms with Gasteiger partial charge >= 0.3 is 16.5 Å². The Morgan fingerprint density at radius 1 is 0.700 bits per heavy atom. The standard InChI is InChI=1S/C11H7F9O7S3/c12-9(13,14)28(22,23)5-3-7(29(24,25)10(15,16)17)6(1-2-21)8(4-5)30(26,27)11(18,19)20/h2-6H,1H2. The van der Waals surface area contributed by atoms with Crippen LogP contribution in [0.5, 0.6) is 0 Å². The van der Waals surface area contributed by atoms with E-state index in [2.05, 4.69) is 0 Å². The molecule has 30 heavy (non-hydrogen) atoms. The van der Waals surface area contributed by atoms with E-state index in [0.29, 0.717) is 0 Å². The number of halogens is 9. The van der Waals surface area contributed by atoms with Crippen molar-refractivity contribution in [3.63, 3.8) is 0 Å². The summed E-state index contributed by atoms with van der Waals surface area (Å²) in [5.74, 6) is -3.07. The normalized spacial score (nSPS) is 22.3. The van der Waals surface area contributed by atoms with Crippen molar-refractivity contribution in [1.29, 1.82) is 0 Å². The lowest BCUT2D eigenvalue weighted by Gasteiger charge is -2.29. The Hall–Kier alpha value is -1.63. The summed E-state index contributed by atoms with van der Waals surface area (Å²) in [6.45, 7) is 0. The second kappa shape index (κ2) is 7.50. The molecule has 0 saturated heterocycles. The minimum Gasteiger partial charge on any atom is -0.303 e. The first-order valence-electron chi connectivity index (χ1n) is 6.83. The van der Waals surface area contributed by atoms with Crippen LogP contribution in [0.2, 0.25) is 0 Å². The molecule has 1 aliphatic rings. The number of rotatable bonds is 5. The molecular formula is C11H7F9O7S3. The molecule has 0 fully saturated rings. The van der Waals surface area contributed by atoms with Crippen molar-refractivity contribution in [2.24, 2.45) is 5.92 Å². The van der Waals surface area contributed by atoms with Crippen LogP contribution in [-0.2, 0) is 34.3 Å². The highest BCUT2D eigenvalue weighted by atomic mass is 32.2. The predicted octanol–water partition coefficient (Wildman–Crippen LogP) is 2.15. The zero-order valence-electron chi connectivity index (χ0n) is 13.6. The van der Waals surface area contributed by atoms with Gasteiger partial charge in [0.25, 0.3) is 29.5 Å². The van der Waals surface area contributed by atoms with E-state index in [4.69, 9.17) is 0 Å². The zero-order valence-corrected chi connectivity index (χ0v) is 16.0. The Balaban J connectivity index is 4.09. The Morgan fingerprint density at radius 2 is 1.03 bits per heavy atom. The van der Waals surface area contributed by atoms with Crippen molar-refractivity contribution in [3.05, 3.63) is 22.0 Å². The van der Waals surface area contributed by atoms with Gasteiger partial charge in [-0.1, -0.05) is 0 Å². The van der Waals surface area contributed by atoms with Crippen LogP contribution in [0.1, 0.15) is 6.42 Å². The first kappa shape index (κ1) is 26.4. The second-order valence-corrected chi connectivity index (χ2v) is 11.4. The van der Waals surface area contributed by atoms with E-state index >= 15 is 0 Å². The molecule has 0 amide bonds. The van der Waals surface area contributed by atoms with E-state index in [1.807, 2.05) is 0 Å². The van der Waals surface area contributed by atoms with Gasteiger partial charge in [0, 0.05) is 12.3 Å². The molecule has 7 nitrogen and oxygen atoms in total. The summed E-state index contributed by atoms with van der Waals surface area (Å²) in [4.78, 5) is 5.74. The molecule has 0 aromatic heterocycles. The van der Waals surface area contributed by atoms with Gasteiger partial charge in [-0.15, -0.1) is 0 Å². The number of carbonyl (C=O) groups is 1. The first-order valence-corrected chi connectivity index (χ1v) is 11.3. The van der Waals surface area contributed by atoms with Crippen LogP contribution in [0.25, 0.3) is 0 Å². The van der Waals surface area contributed by atoms with E-state index in [9.17, 15) is 69.6 Å². The number of aldehydes is 1. The number of hydrogen-bond acceptors (Lipinski definition) is 7. The molecule has 0 radical (unpaired) electrons. The molecule has 0 bridgehead atoms. The summed E-state index contributed by atoms with van der Waals surface area (Å²) in [6.07, 6.45) is -3.56. The Kier molecular flexibility index (Phi) is 6.60. The number of sulfone groups is 3. The summed E-state index contributed by atoms with van der Waals surface area (Å²) in [6, 6.07) is 0. The van der Waals surface area contributed by atoms with E-state index in [1.54, 1.807) is 0 Å². The van der Waals surface area contributed by atoms with Crippen molar-refractivity contribution >= 4 is 35.8 Å². The van der Waals surface area contributed by atoms with Gasteiger partial charge in [0.1, 0.15) is 11.5 Å². The van der Waals surface area contributed by atoms with Gasteiger partial charge in [0.05, 0.1) is 9.81 Å². The average molecular weight is 518 g/mol. The van der Waals surface area contributed by atoms with Gasteiger partial charge < -0.3 is 4.79 Å². The maximum Gasteiger partial charge on any atom is 0.501 e. The van der Waals surface area contributed by atoms with Crippen LogP contribution in [0, 0.1) is 5.92 Å². The highest BCUT2D eigenvalue weighted by Crippen LogP contribution is 2.46. The molecule has 0 heterocycles. The molecule has 0 aromatic rings. The van der Waals surface area contributed by atoms with Gasteiger partial charge in [-0.05, 0) is 12.2 Å². The van der Waals surface area contributed by atoms with E-state index in [1.165, 1.54) is 0 Å². The minimum atomic E-state index is -6.85. The Morgan fingerprint density at radius 3 is 1.27 bits per heavy atom. The number of hydrogen-bond donors (Lipinski definition) is 0. The molecule has 0 aliphatic heterocycles. The fourth-order valence-electron chi connectivity index (χ4n) is 2.23. The van der Waals surface area contributed by atoms with Crippen LogP contribution in [0.15, 0.2) is 22.0 Å². The van der Waals surface area contributed by atoms with Crippen LogP contribution < -0.4 is 0 Å². The van der Waals surface area contributed by atoms with Crippen LogP contribution in [0.4, 0.5) is 39.5 Å². The van der Waals surface area contributed by atoms with Gasteiger partial charge in [-0.2, -0.15) is 39.5 Å². The largest absolute Gasteiger partial charge is 0.501 e. The monoisotopic (exact) mass is 518 g/mol. The summed E-state index contributed by atoms with van der Waals surface area (Å²) >= 11 is 0. The Bertz CT molecular complexity index is 1030. The van der Waals surface area contributed by atoms with Crippen molar-refractivity contribution in [2.45, 2.75) is 28.2 Å². The van der Waals surface area contributed by atoms with Gasteiger partial charge in [-0.25, -0.2) is 25.3 Å². The van der Waals surface area contributed by atoms with E-state index in [0.717, 1.165) is 0 Å². The zero-order chi connectivity index (χ0) is 24.1. The van der Waals surface area contributed by atoms with Crippen molar-refractivity contribution in [2.75, 3.05) is 0 Å². The van der Waals surface area contributed by atoms with Crippen molar-refractivity contribution < 1.29 is 69.6 Å². The SMILES string of the molecule is O=CCC1C(S(=O)(=O)C(F)(F)F)=CC(S(=O)(=O)C(F)(F)F)C=C1S(=O)(=O)C(F)(F)F. The lowest BCUT2D eigenvalue weighted by Crippen LogP contribution is -2.40. The molecule has 1 rings (SSSR count). The van der Waals surface area contributed by atoms with Crippen LogP contribution >= 0.6 is 0 Å². The summed E-state index contributed by atoms with van der Waals surface area (Å²) in [7, 11) is -20.4. The number of carbonyl (C=O) groups excluding carboxylic acids is 1. The summed E-state index contributed by atoms with van der Waals surface area (Å²) in [5.41, 5.74) is -19.1. The predicted molar refractivity (Wildman–Crippen MR) is 79.0 cm³/mol. The van der Waals surface area contributed by atoms with Gasteiger partial charge in [0.2, 0.25) is 0 Å². The Labute approximate surface area is 162 Å². The second-order valence-electron chi connectivity index (χ2n) is 5.45. The molecule has 0 N–H and O–H groups in total. The number of alkyl halides is 9. The molecule has 1 aliphatic carbocycles. The molecule has 19 heteroatoms. The third kappa shape index (κ3) is 4.36. The van der Waals surface area contributed by atoms with E-state index < -0.39 is 91.9 Å². The van der Waals surface area contributed by atoms with Crippen molar-refractivity contribution in [1.82, 2.24) is 0 Å². The highest BCUT2D eigenvalue weighted by Gasteiger charge is 2.59. The average Bonchev–Trinajstić information content (AvgIpc) is 2.51. The fraction of sp³-hybridized carbons (Fsp3) is 0.545. The molecule has 0 aromatic carbocycles. The lowest BCUT2D eigenvalue weighted by molar-refractivity contribution is -0.108. The number of allylic oxidation sites excluding steroid dienone is 2. The molecular weight excluding hydrogens is 511 g/mol. The maximum absolute atomic E-state index is 12.9. The van der Waals surface area contributed by atoms with Gasteiger partial charge in [0.15, 0.2) is 0 Å². The molecule has 0 spiro atoms. The van der Waals surface area contributed by atoms with Crippen molar-refractivity contribution in [3.8, 4) is 0 Å². The van der Waals surface area contributed by atoms with Crippen LogP contribution in [-0.4, -0.2) is 53.3 Å². The summed E-state index contributed by atoms with van der Waals surface area (Å²) in [5, 5.41) is -3.57. The molecule has 0 atom stereocenters. The summed E-state index contributed by atoms with van der Waals surface area (Å²) < 4.78 is 185. The third-order valence-electron chi connectivity index (χ3n) is 3.59. The fourth-order valence-corrected chi connectivity index (χ4v) is 5.82.